The predicted octanol–water partition coefficient (Wildman–Crippen LogP) is 3.41. The number of benzene rings is 2. The summed E-state index contributed by atoms with van der Waals surface area (Å²) >= 11 is 0. The molecule has 6 nitrogen and oxygen atoms in total. The molecule has 0 saturated heterocycles. The topological polar surface area (TPSA) is 75.7 Å². The van der Waals surface area contributed by atoms with Crippen molar-refractivity contribution in [2.24, 2.45) is 0 Å². The van der Waals surface area contributed by atoms with Gasteiger partial charge in [0.2, 0.25) is 12.0 Å². The van der Waals surface area contributed by atoms with Gasteiger partial charge in [-0.2, -0.15) is 0 Å². The predicted molar refractivity (Wildman–Crippen MR) is 103 cm³/mol. The summed E-state index contributed by atoms with van der Waals surface area (Å²) < 4.78 is 5.59. The van der Waals surface area contributed by atoms with Crippen molar-refractivity contribution in [1.82, 2.24) is 4.90 Å². The second-order valence-electron chi connectivity index (χ2n) is 5.97. The van der Waals surface area contributed by atoms with Crippen molar-refractivity contribution < 1.29 is 19.1 Å². The second-order valence-corrected chi connectivity index (χ2v) is 5.97. The third-order valence-electron chi connectivity index (χ3n) is 4.05. The van der Waals surface area contributed by atoms with E-state index in [0.29, 0.717) is 24.3 Å². The summed E-state index contributed by atoms with van der Waals surface area (Å²) in [6.07, 6.45) is -1.02. The SMILES string of the molecule is CCN(CC)C(=O)[C@@H](OC(=O)c1cccc(NC(C)=O)c1)c1ccccc1. The van der Waals surface area contributed by atoms with Gasteiger partial charge in [-0.15, -0.1) is 0 Å². The minimum Gasteiger partial charge on any atom is -0.444 e. The highest BCUT2D eigenvalue weighted by molar-refractivity contribution is 5.95. The summed E-state index contributed by atoms with van der Waals surface area (Å²) in [5.74, 6) is -1.13. The van der Waals surface area contributed by atoms with Gasteiger partial charge >= 0.3 is 5.97 Å². The van der Waals surface area contributed by atoms with E-state index in [1.54, 1.807) is 47.4 Å². The lowest BCUT2D eigenvalue weighted by atomic mass is 10.1. The molecule has 1 N–H and O–H groups in total. The zero-order chi connectivity index (χ0) is 19.8. The molecule has 142 valence electrons. The van der Waals surface area contributed by atoms with Gasteiger partial charge in [-0.25, -0.2) is 4.79 Å². The number of ether oxygens (including phenoxy) is 1. The molecule has 0 aromatic heterocycles. The maximum atomic E-state index is 12.9. The Labute approximate surface area is 159 Å². The van der Waals surface area contributed by atoms with Gasteiger partial charge in [-0.3, -0.25) is 9.59 Å². The van der Waals surface area contributed by atoms with Crippen LogP contribution in [0.5, 0.6) is 0 Å². The van der Waals surface area contributed by atoms with Gasteiger partial charge in [-0.1, -0.05) is 36.4 Å². The van der Waals surface area contributed by atoms with E-state index in [-0.39, 0.29) is 17.4 Å². The number of carbonyl (C=O) groups is 3. The smallest absolute Gasteiger partial charge is 0.339 e. The number of hydrogen-bond acceptors (Lipinski definition) is 4. The third kappa shape index (κ3) is 5.41. The Kier molecular flexibility index (Phi) is 7.11. The Hall–Kier alpha value is -3.15. The van der Waals surface area contributed by atoms with Crippen LogP contribution in [0, 0.1) is 0 Å². The summed E-state index contributed by atoms with van der Waals surface area (Å²) in [6.45, 7) is 6.19. The Morgan fingerprint density at radius 2 is 1.67 bits per heavy atom. The Morgan fingerprint density at radius 1 is 1.00 bits per heavy atom. The standard InChI is InChI=1S/C21H24N2O4/c1-4-23(5-2)20(25)19(16-10-7-6-8-11-16)27-21(26)17-12-9-13-18(14-17)22-15(3)24/h6-14,19H,4-5H2,1-3H3,(H,22,24)/t19-/m0/s1. The zero-order valence-corrected chi connectivity index (χ0v) is 15.8. The fraction of sp³-hybridized carbons (Fsp3) is 0.286. The summed E-state index contributed by atoms with van der Waals surface area (Å²) in [5.41, 5.74) is 1.36. The number of carbonyl (C=O) groups excluding carboxylic acids is 3. The summed E-state index contributed by atoms with van der Waals surface area (Å²) in [7, 11) is 0. The molecule has 0 aliphatic heterocycles. The molecule has 0 aliphatic carbocycles. The van der Waals surface area contributed by atoms with E-state index in [2.05, 4.69) is 5.32 Å². The van der Waals surface area contributed by atoms with E-state index in [9.17, 15) is 14.4 Å². The van der Waals surface area contributed by atoms with E-state index >= 15 is 0 Å². The molecule has 0 heterocycles. The van der Waals surface area contributed by atoms with Crippen LogP contribution in [0.3, 0.4) is 0 Å². The van der Waals surface area contributed by atoms with Crippen LogP contribution in [-0.2, 0) is 14.3 Å². The molecule has 0 saturated carbocycles. The molecule has 0 aliphatic rings. The zero-order valence-electron chi connectivity index (χ0n) is 15.8. The third-order valence-corrected chi connectivity index (χ3v) is 4.05. The van der Waals surface area contributed by atoms with Gasteiger partial charge in [0.05, 0.1) is 5.56 Å². The maximum absolute atomic E-state index is 12.9. The molecular formula is C21H24N2O4. The Morgan fingerprint density at radius 3 is 2.26 bits per heavy atom. The number of nitrogens with zero attached hydrogens (tertiary/aromatic N) is 1. The van der Waals surface area contributed by atoms with Gasteiger partial charge in [-0.05, 0) is 32.0 Å². The molecule has 0 fully saturated rings. The first kappa shape index (κ1) is 20.2. The average Bonchev–Trinajstić information content (AvgIpc) is 2.67. The lowest BCUT2D eigenvalue weighted by Gasteiger charge is -2.25. The monoisotopic (exact) mass is 368 g/mol. The van der Waals surface area contributed by atoms with Crippen LogP contribution in [0.25, 0.3) is 0 Å². The van der Waals surface area contributed by atoms with E-state index in [4.69, 9.17) is 4.74 Å². The Balaban J connectivity index is 2.28. The molecule has 0 bridgehead atoms. The molecule has 2 rings (SSSR count). The normalized spacial score (nSPS) is 11.4. The summed E-state index contributed by atoms with van der Waals surface area (Å²) in [6, 6.07) is 15.4. The van der Waals surface area contributed by atoms with Gasteiger partial charge in [0.1, 0.15) is 0 Å². The minimum absolute atomic E-state index is 0.237. The van der Waals surface area contributed by atoms with Crippen molar-refractivity contribution in [1.29, 1.82) is 0 Å². The molecule has 27 heavy (non-hydrogen) atoms. The maximum Gasteiger partial charge on any atom is 0.339 e. The highest BCUT2D eigenvalue weighted by Crippen LogP contribution is 2.23. The molecule has 2 aromatic rings. The first-order valence-electron chi connectivity index (χ1n) is 8.88. The van der Waals surface area contributed by atoms with E-state index in [1.165, 1.54) is 13.0 Å². The van der Waals surface area contributed by atoms with Crippen LogP contribution >= 0.6 is 0 Å². The first-order valence-corrected chi connectivity index (χ1v) is 8.88. The molecule has 2 amide bonds. The molecule has 2 aromatic carbocycles. The van der Waals surface area contributed by atoms with Crippen molar-refractivity contribution in [3.8, 4) is 0 Å². The van der Waals surface area contributed by atoms with E-state index in [1.807, 2.05) is 19.9 Å². The first-order chi connectivity index (χ1) is 13.0. The van der Waals surface area contributed by atoms with E-state index in [0.717, 1.165) is 0 Å². The van der Waals surface area contributed by atoms with Crippen LogP contribution in [-0.4, -0.2) is 35.8 Å². The molecule has 0 radical (unpaired) electrons. The molecule has 0 unspecified atom stereocenters. The largest absolute Gasteiger partial charge is 0.444 e. The fourth-order valence-electron chi connectivity index (χ4n) is 2.69. The van der Waals surface area contributed by atoms with Crippen molar-refractivity contribution in [3.63, 3.8) is 0 Å². The summed E-state index contributed by atoms with van der Waals surface area (Å²) in [4.78, 5) is 38.4. The van der Waals surface area contributed by atoms with Crippen molar-refractivity contribution in [3.05, 3.63) is 65.7 Å². The molecular weight excluding hydrogens is 344 g/mol. The van der Waals surface area contributed by atoms with Gasteiger partial charge < -0.3 is 15.0 Å². The number of likely N-dealkylation sites (N-methyl/N-ethyl adjacent to an activating group) is 1. The highest BCUT2D eigenvalue weighted by atomic mass is 16.5. The van der Waals surface area contributed by atoms with Gasteiger partial charge in [0.15, 0.2) is 0 Å². The molecule has 0 spiro atoms. The van der Waals surface area contributed by atoms with Gasteiger partial charge in [0.25, 0.3) is 5.91 Å². The van der Waals surface area contributed by atoms with Crippen molar-refractivity contribution in [2.45, 2.75) is 26.9 Å². The fourth-order valence-corrected chi connectivity index (χ4v) is 2.69. The van der Waals surface area contributed by atoms with Crippen LogP contribution in [0.1, 0.15) is 42.8 Å². The van der Waals surface area contributed by atoms with Crippen LogP contribution < -0.4 is 5.32 Å². The lowest BCUT2D eigenvalue weighted by Crippen LogP contribution is -2.36. The number of rotatable bonds is 7. The van der Waals surface area contributed by atoms with Gasteiger partial charge in [0, 0.05) is 31.3 Å². The molecule has 1 atom stereocenters. The molecule has 6 heteroatoms. The quantitative estimate of drug-likeness (QED) is 0.760. The van der Waals surface area contributed by atoms with Crippen LogP contribution in [0.15, 0.2) is 54.6 Å². The van der Waals surface area contributed by atoms with Crippen molar-refractivity contribution >= 4 is 23.5 Å². The summed E-state index contributed by atoms with van der Waals surface area (Å²) in [5, 5.41) is 2.62. The highest BCUT2D eigenvalue weighted by Gasteiger charge is 2.28. The lowest BCUT2D eigenvalue weighted by molar-refractivity contribution is -0.140. The number of anilines is 1. The average molecular weight is 368 g/mol. The number of hydrogen-bond donors (Lipinski definition) is 1. The van der Waals surface area contributed by atoms with Crippen LogP contribution in [0.4, 0.5) is 5.69 Å². The van der Waals surface area contributed by atoms with Crippen LogP contribution in [0.2, 0.25) is 0 Å². The minimum atomic E-state index is -1.02. The van der Waals surface area contributed by atoms with Crippen molar-refractivity contribution in [2.75, 3.05) is 18.4 Å². The van der Waals surface area contributed by atoms with E-state index < -0.39 is 12.1 Å². The Bertz CT molecular complexity index is 801. The number of nitrogens with one attached hydrogen (secondary N) is 1. The number of amides is 2. The second kappa shape index (κ2) is 9.52. The number of esters is 1.